The number of nitrogens with one attached hydrogen (secondary N) is 1. The molecule has 0 saturated carbocycles. The lowest BCUT2D eigenvalue weighted by Crippen LogP contribution is -2.14. The fourth-order valence-corrected chi connectivity index (χ4v) is 2.55. The van der Waals surface area contributed by atoms with Gasteiger partial charge in [0.15, 0.2) is 23.1 Å². The van der Waals surface area contributed by atoms with Gasteiger partial charge in [-0.25, -0.2) is 4.98 Å². The van der Waals surface area contributed by atoms with E-state index < -0.39 is 0 Å². The minimum Gasteiger partial charge on any atom is -0.485 e. The third-order valence-corrected chi connectivity index (χ3v) is 3.87. The summed E-state index contributed by atoms with van der Waals surface area (Å²) in [7, 11) is 0. The molecule has 1 amide bonds. The molecule has 1 aliphatic heterocycles. The van der Waals surface area contributed by atoms with Crippen LogP contribution >= 0.6 is 0 Å². The summed E-state index contributed by atoms with van der Waals surface area (Å²) in [6, 6.07) is 18.4. The number of amides is 1. The van der Waals surface area contributed by atoms with Crippen molar-refractivity contribution in [1.29, 1.82) is 0 Å². The maximum absolute atomic E-state index is 12.5. The molecule has 0 radical (unpaired) electrons. The van der Waals surface area contributed by atoms with Crippen LogP contribution in [0.1, 0.15) is 15.9 Å². The maximum atomic E-state index is 12.5. The van der Waals surface area contributed by atoms with E-state index in [1.54, 1.807) is 36.5 Å². The predicted octanol–water partition coefficient (Wildman–Crippen LogP) is 3.64. The Bertz CT molecular complexity index is 928. The van der Waals surface area contributed by atoms with Crippen molar-refractivity contribution in [2.45, 2.75) is 6.61 Å². The van der Waals surface area contributed by atoms with Gasteiger partial charge in [0.05, 0.1) is 0 Å². The van der Waals surface area contributed by atoms with Crippen LogP contribution in [0.2, 0.25) is 0 Å². The van der Waals surface area contributed by atoms with Crippen molar-refractivity contribution in [1.82, 2.24) is 4.98 Å². The maximum Gasteiger partial charge on any atom is 0.257 e. The van der Waals surface area contributed by atoms with E-state index in [0.717, 1.165) is 5.56 Å². The lowest BCUT2D eigenvalue weighted by Gasteiger charge is -2.11. The number of ether oxygens (including phenoxy) is 3. The zero-order valence-corrected chi connectivity index (χ0v) is 13.8. The Morgan fingerprint density at radius 1 is 1.04 bits per heavy atom. The zero-order valence-electron chi connectivity index (χ0n) is 13.8. The van der Waals surface area contributed by atoms with Crippen LogP contribution in [-0.4, -0.2) is 17.7 Å². The Labute approximate surface area is 150 Å². The SMILES string of the molecule is O=C(Nc1ncccc1OCc1ccccc1)c1ccc2c(c1)OCO2. The van der Waals surface area contributed by atoms with Gasteiger partial charge in [0.25, 0.3) is 5.91 Å². The first-order valence-corrected chi connectivity index (χ1v) is 8.12. The van der Waals surface area contributed by atoms with Gasteiger partial charge in [-0.3, -0.25) is 4.79 Å². The van der Waals surface area contributed by atoms with Crippen LogP contribution < -0.4 is 19.5 Å². The smallest absolute Gasteiger partial charge is 0.257 e. The highest BCUT2D eigenvalue weighted by molar-refractivity contribution is 6.04. The summed E-state index contributed by atoms with van der Waals surface area (Å²) in [6.45, 7) is 0.553. The molecule has 0 aliphatic carbocycles. The number of aromatic nitrogens is 1. The van der Waals surface area contributed by atoms with E-state index in [0.29, 0.717) is 35.2 Å². The number of benzene rings is 2. The average molecular weight is 348 g/mol. The van der Waals surface area contributed by atoms with Crippen molar-refractivity contribution >= 4 is 11.7 Å². The second-order valence-corrected chi connectivity index (χ2v) is 5.65. The molecule has 3 aromatic rings. The van der Waals surface area contributed by atoms with Gasteiger partial charge < -0.3 is 19.5 Å². The van der Waals surface area contributed by atoms with Gasteiger partial charge in [-0.15, -0.1) is 0 Å². The molecule has 26 heavy (non-hydrogen) atoms. The summed E-state index contributed by atoms with van der Waals surface area (Å²) in [5, 5.41) is 2.78. The lowest BCUT2D eigenvalue weighted by molar-refractivity contribution is 0.102. The summed E-state index contributed by atoms with van der Waals surface area (Å²) < 4.78 is 16.4. The van der Waals surface area contributed by atoms with Crippen LogP contribution in [0.3, 0.4) is 0 Å². The Balaban J connectivity index is 1.48. The highest BCUT2D eigenvalue weighted by atomic mass is 16.7. The van der Waals surface area contributed by atoms with Gasteiger partial charge in [-0.2, -0.15) is 0 Å². The van der Waals surface area contributed by atoms with Crippen molar-refractivity contribution in [2.75, 3.05) is 12.1 Å². The Morgan fingerprint density at radius 3 is 2.77 bits per heavy atom. The van der Waals surface area contributed by atoms with Gasteiger partial charge in [0, 0.05) is 11.8 Å². The molecule has 1 N–H and O–H groups in total. The largest absolute Gasteiger partial charge is 0.485 e. The van der Waals surface area contributed by atoms with Gasteiger partial charge in [-0.05, 0) is 35.9 Å². The third-order valence-electron chi connectivity index (χ3n) is 3.87. The van der Waals surface area contributed by atoms with Crippen LogP contribution in [0.5, 0.6) is 17.2 Å². The number of rotatable bonds is 5. The van der Waals surface area contributed by atoms with Gasteiger partial charge in [0.1, 0.15) is 6.61 Å². The number of carbonyl (C=O) groups is 1. The van der Waals surface area contributed by atoms with Gasteiger partial charge in [-0.1, -0.05) is 30.3 Å². The second-order valence-electron chi connectivity index (χ2n) is 5.65. The van der Waals surface area contributed by atoms with Crippen LogP contribution in [-0.2, 0) is 6.61 Å². The summed E-state index contributed by atoms with van der Waals surface area (Å²) in [5.41, 5.74) is 1.48. The highest BCUT2D eigenvalue weighted by Gasteiger charge is 2.17. The van der Waals surface area contributed by atoms with E-state index in [-0.39, 0.29) is 12.7 Å². The number of nitrogens with zero attached hydrogens (tertiary/aromatic N) is 1. The fourth-order valence-electron chi connectivity index (χ4n) is 2.55. The molecular weight excluding hydrogens is 332 g/mol. The van der Waals surface area contributed by atoms with Crippen LogP contribution in [0.25, 0.3) is 0 Å². The van der Waals surface area contributed by atoms with Crippen molar-refractivity contribution in [3.05, 3.63) is 78.0 Å². The topological polar surface area (TPSA) is 69.7 Å². The molecule has 0 unspecified atom stereocenters. The lowest BCUT2D eigenvalue weighted by atomic mass is 10.2. The number of hydrogen-bond acceptors (Lipinski definition) is 5. The van der Waals surface area contributed by atoms with Crippen LogP contribution in [0.4, 0.5) is 5.82 Å². The predicted molar refractivity (Wildman–Crippen MR) is 95.5 cm³/mol. The number of pyridine rings is 1. The van der Waals surface area contributed by atoms with Gasteiger partial charge >= 0.3 is 0 Å². The molecule has 1 aliphatic rings. The molecule has 0 fully saturated rings. The normalized spacial score (nSPS) is 11.8. The summed E-state index contributed by atoms with van der Waals surface area (Å²) in [4.78, 5) is 16.8. The molecule has 0 bridgehead atoms. The van der Waals surface area contributed by atoms with E-state index in [1.165, 1.54) is 0 Å². The minimum absolute atomic E-state index is 0.165. The molecule has 0 spiro atoms. The van der Waals surface area contributed by atoms with Crippen molar-refractivity contribution in [3.63, 3.8) is 0 Å². The summed E-state index contributed by atoms with van der Waals surface area (Å²) >= 11 is 0. The molecule has 4 rings (SSSR count). The Morgan fingerprint density at radius 2 is 1.88 bits per heavy atom. The molecule has 0 atom stereocenters. The number of anilines is 1. The monoisotopic (exact) mass is 348 g/mol. The second kappa shape index (κ2) is 7.14. The molecule has 2 heterocycles. The molecule has 1 aromatic heterocycles. The van der Waals surface area contributed by atoms with Crippen molar-refractivity contribution in [2.24, 2.45) is 0 Å². The molecule has 130 valence electrons. The highest BCUT2D eigenvalue weighted by Crippen LogP contribution is 2.33. The van der Waals surface area contributed by atoms with Gasteiger partial charge in [0.2, 0.25) is 6.79 Å². The van der Waals surface area contributed by atoms with Crippen LogP contribution in [0.15, 0.2) is 66.9 Å². The first kappa shape index (κ1) is 16.0. The third kappa shape index (κ3) is 3.44. The summed E-state index contributed by atoms with van der Waals surface area (Å²) in [6.07, 6.45) is 1.60. The first-order valence-electron chi connectivity index (χ1n) is 8.12. The Kier molecular flexibility index (Phi) is 4.38. The molecule has 6 heteroatoms. The molecule has 2 aromatic carbocycles. The number of fused-ring (bicyclic) bond motifs is 1. The molecule has 6 nitrogen and oxygen atoms in total. The van der Waals surface area contributed by atoms with Crippen molar-refractivity contribution < 1.29 is 19.0 Å². The van der Waals surface area contributed by atoms with Crippen LogP contribution in [0, 0.1) is 0 Å². The van der Waals surface area contributed by atoms with Crippen molar-refractivity contribution in [3.8, 4) is 17.2 Å². The quantitative estimate of drug-likeness (QED) is 0.762. The zero-order chi connectivity index (χ0) is 17.8. The number of carbonyl (C=O) groups excluding carboxylic acids is 1. The van der Waals surface area contributed by atoms with E-state index >= 15 is 0 Å². The summed E-state index contributed by atoms with van der Waals surface area (Å²) in [5.74, 6) is 1.76. The molecule has 0 saturated heterocycles. The van der Waals surface area contributed by atoms with E-state index in [2.05, 4.69) is 10.3 Å². The van der Waals surface area contributed by atoms with E-state index in [9.17, 15) is 4.79 Å². The number of hydrogen-bond donors (Lipinski definition) is 1. The van der Waals surface area contributed by atoms with E-state index in [4.69, 9.17) is 14.2 Å². The first-order chi connectivity index (χ1) is 12.8. The standard InChI is InChI=1S/C20H16N2O4/c23-20(15-8-9-16-18(11-15)26-13-25-16)22-19-17(7-4-10-21-19)24-12-14-5-2-1-3-6-14/h1-11H,12-13H2,(H,21,22,23). The fraction of sp³-hybridized carbons (Fsp3) is 0.100. The minimum atomic E-state index is -0.299. The van der Waals surface area contributed by atoms with E-state index in [1.807, 2.05) is 30.3 Å². The molecular formula is C20H16N2O4. The Hall–Kier alpha value is -3.54. The average Bonchev–Trinajstić information content (AvgIpc) is 3.16.